The largest absolute Gasteiger partial charge is 0.494 e. The molecule has 3 N–H and O–H groups in total. The Hall–Kier alpha value is -3.07. The molecule has 1 heterocycles. The number of nitrogens with one attached hydrogen (secondary N) is 3. The molecule has 8 nitrogen and oxygen atoms in total. The van der Waals surface area contributed by atoms with Gasteiger partial charge in [-0.15, -0.1) is 0 Å². The molecule has 2 aromatic rings. The molecule has 1 aliphatic heterocycles. The molecule has 166 valence electrons. The lowest BCUT2D eigenvalue weighted by molar-refractivity contribution is -0.117. The Morgan fingerprint density at radius 1 is 1.10 bits per heavy atom. The van der Waals surface area contributed by atoms with Crippen LogP contribution in [0.2, 0.25) is 0 Å². The van der Waals surface area contributed by atoms with Crippen molar-refractivity contribution in [1.82, 2.24) is 0 Å². The third-order valence-corrected chi connectivity index (χ3v) is 6.20. The van der Waals surface area contributed by atoms with Crippen LogP contribution >= 0.6 is 0 Å². The van der Waals surface area contributed by atoms with Crippen molar-refractivity contribution in [1.29, 1.82) is 0 Å². The Labute approximate surface area is 182 Å². The molecule has 9 heteroatoms. The molecule has 0 bridgehead atoms. The van der Waals surface area contributed by atoms with Gasteiger partial charge in [0, 0.05) is 29.9 Å². The summed E-state index contributed by atoms with van der Waals surface area (Å²) in [5, 5.41) is 5.62. The summed E-state index contributed by atoms with van der Waals surface area (Å²) in [4.78, 5) is 23.5. The third kappa shape index (κ3) is 6.99. The lowest BCUT2D eigenvalue weighted by Crippen LogP contribution is -2.18. The van der Waals surface area contributed by atoms with Gasteiger partial charge in [-0.1, -0.05) is 6.92 Å². The van der Waals surface area contributed by atoms with Crippen molar-refractivity contribution in [3.8, 4) is 5.75 Å². The number of sulfonamides is 1. The van der Waals surface area contributed by atoms with Gasteiger partial charge in [-0.2, -0.15) is 0 Å². The van der Waals surface area contributed by atoms with E-state index in [1.807, 2.05) is 12.1 Å². The van der Waals surface area contributed by atoms with Crippen LogP contribution in [0.25, 0.3) is 0 Å². The van der Waals surface area contributed by atoms with Crippen LogP contribution in [-0.4, -0.2) is 32.6 Å². The molecule has 0 unspecified atom stereocenters. The van der Waals surface area contributed by atoms with Gasteiger partial charge in [0.25, 0.3) is 0 Å². The van der Waals surface area contributed by atoms with E-state index in [9.17, 15) is 18.0 Å². The molecule has 31 heavy (non-hydrogen) atoms. The van der Waals surface area contributed by atoms with E-state index >= 15 is 0 Å². The first-order valence-electron chi connectivity index (χ1n) is 10.3. The van der Waals surface area contributed by atoms with Gasteiger partial charge in [0.2, 0.25) is 21.8 Å². The van der Waals surface area contributed by atoms with E-state index in [4.69, 9.17) is 4.74 Å². The van der Waals surface area contributed by atoms with Crippen LogP contribution in [0.3, 0.4) is 0 Å². The minimum atomic E-state index is -3.34. The number of aryl methyl sites for hydroxylation is 1. The standard InChI is InChI=1S/C22H27N3O5S/c1-2-14-31(28,29)25-18-8-6-17(7-9-18)23-21(26)4-3-13-30-19-10-11-20-16(15-19)5-12-22(27)24-20/h6-11,15,25H,2-5,12-14H2,1H3,(H,23,26)(H,24,27). The summed E-state index contributed by atoms with van der Waals surface area (Å²) in [6.07, 6.45) is 2.56. The van der Waals surface area contributed by atoms with E-state index in [1.54, 1.807) is 37.3 Å². The predicted molar refractivity (Wildman–Crippen MR) is 121 cm³/mol. The van der Waals surface area contributed by atoms with Gasteiger partial charge in [-0.05, 0) is 67.3 Å². The second-order valence-corrected chi connectivity index (χ2v) is 9.21. The fraction of sp³-hybridized carbons (Fsp3) is 0.364. The number of carbonyl (C=O) groups excluding carboxylic acids is 2. The molecule has 0 saturated carbocycles. The molecular formula is C22H27N3O5S. The normalized spacial score (nSPS) is 13.1. The summed E-state index contributed by atoms with van der Waals surface area (Å²) in [5.74, 6) is 0.669. The number of rotatable bonds is 10. The van der Waals surface area contributed by atoms with Crippen LogP contribution in [-0.2, 0) is 26.0 Å². The molecule has 0 saturated heterocycles. The minimum absolute atomic E-state index is 0.0274. The molecule has 0 aromatic heterocycles. The smallest absolute Gasteiger partial charge is 0.232 e. The molecule has 0 atom stereocenters. The van der Waals surface area contributed by atoms with Crippen molar-refractivity contribution in [2.75, 3.05) is 27.7 Å². The highest BCUT2D eigenvalue weighted by molar-refractivity contribution is 7.92. The number of ether oxygens (including phenoxy) is 1. The van der Waals surface area contributed by atoms with Crippen molar-refractivity contribution in [3.05, 3.63) is 48.0 Å². The zero-order valence-corrected chi connectivity index (χ0v) is 18.3. The van der Waals surface area contributed by atoms with E-state index in [-0.39, 0.29) is 17.6 Å². The second-order valence-electron chi connectivity index (χ2n) is 7.37. The monoisotopic (exact) mass is 445 g/mol. The first kappa shape index (κ1) is 22.6. The zero-order chi connectivity index (χ0) is 22.3. The first-order valence-corrected chi connectivity index (χ1v) is 12.0. The number of hydrogen-bond acceptors (Lipinski definition) is 5. The molecule has 0 spiro atoms. The van der Waals surface area contributed by atoms with E-state index in [0.29, 0.717) is 50.1 Å². The van der Waals surface area contributed by atoms with E-state index in [2.05, 4.69) is 15.4 Å². The number of amides is 2. The number of benzene rings is 2. The van der Waals surface area contributed by atoms with Crippen LogP contribution in [0, 0.1) is 0 Å². The Morgan fingerprint density at radius 3 is 2.58 bits per heavy atom. The van der Waals surface area contributed by atoms with Crippen molar-refractivity contribution in [3.63, 3.8) is 0 Å². The molecule has 3 rings (SSSR count). The molecule has 2 amide bonds. The second kappa shape index (κ2) is 10.3. The van der Waals surface area contributed by atoms with Gasteiger partial charge in [0.15, 0.2) is 0 Å². The Bertz CT molecular complexity index is 1040. The maximum atomic E-state index is 12.1. The van der Waals surface area contributed by atoms with E-state index in [0.717, 1.165) is 17.0 Å². The fourth-order valence-electron chi connectivity index (χ4n) is 3.22. The molecule has 0 aliphatic carbocycles. The fourth-order valence-corrected chi connectivity index (χ4v) is 4.35. The summed E-state index contributed by atoms with van der Waals surface area (Å²) in [7, 11) is -3.34. The van der Waals surface area contributed by atoms with Crippen LogP contribution in [0.5, 0.6) is 5.75 Å². The molecule has 0 radical (unpaired) electrons. The number of hydrogen-bond donors (Lipinski definition) is 3. The van der Waals surface area contributed by atoms with Crippen molar-refractivity contribution in [2.24, 2.45) is 0 Å². The van der Waals surface area contributed by atoms with Crippen molar-refractivity contribution < 1.29 is 22.7 Å². The Balaban J connectivity index is 1.40. The maximum Gasteiger partial charge on any atom is 0.232 e. The summed E-state index contributed by atoms with van der Waals surface area (Å²) in [6.45, 7) is 2.20. The van der Waals surface area contributed by atoms with Crippen LogP contribution < -0.4 is 20.1 Å². The average Bonchev–Trinajstić information content (AvgIpc) is 2.72. The molecule has 1 aliphatic rings. The SMILES string of the molecule is CCCS(=O)(=O)Nc1ccc(NC(=O)CCCOc2ccc3c(c2)CCC(=O)N3)cc1. The lowest BCUT2D eigenvalue weighted by atomic mass is 10.0. The summed E-state index contributed by atoms with van der Waals surface area (Å²) < 4.78 is 31.8. The zero-order valence-electron chi connectivity index (χ0n) is 17.4. The molecule has 2 aromatic carbocycles. The topological polar surface area (TPSA) is 114 Å². The minimum Gasteiger partial charge on any atom is -0.494 e. The maximum absolute atomic E-state index is 12.1. The van der Waals surface area contributed by atoms with Crippen LogP contribution in [0.4, 0.5) is 17.1 Å². The highest BCUT2D eigenvalue weighted by atomic mass is 32.2. The number of fused-ring (bicyclic) bond motifs is 1. The van der Waals surface area contributed by atoms with Gasteiger partial charge in [-0.25, -0.2) is 8.42 Å². The van der Waals surface area contributed by atoms with Gasteiger partial charge < -0.3 is 15.4 Å². The summed E-state index contributed by atoms with van der Waals surface area (Å²) >= 11 is 0. The van der Waals surface area contributed by atoms with Gasteiger partial charge in [0.1, 0.15) is 5.75 Å². The Kier molecular flexibility index (Phi) is 7.51. The van der Waals surface area contributed by atoms with Gasteiger partial charge in [0.05, 0.1) is 12.4 Å². The Morgan fingerprint density at radius 2 is 1.84 bits per heavy atom. The average molecular weight is 446 g/mol. The highest BCUT2D eigenvalue weighted by Crippen LogP contribution is 2.27. The number of carbonyl (C=O) groups is 2. The van der Waals surface area contributed by atoms with Crippen molar-refractivity contribution >= 4 is 38.9 Å². The van der Waals surface area contributed by atoms with Gasteiger partial charge >= 0.3 is 0 Å². The summed E-state index contributed by atoms with van der Waals surface area (Å²) in [5.41, 5.74) is 2.94. The van der Waals surface area contributed by atoms with Crippen molar-refractivity contribution in [2.45, 2.75) is 39.0 Å². The lowest BCUT2D eigenvalue weighted by Gasteiger charge is -2.17. The predicted octanol–water partition coefficient (Wildman–Crippen LogP) is 3.52. The quantitative estimate of drug-likeness (QED) is 0.484. The molecular weight excluding hydrogens is 418 g/mol. The van der Waals surface area contributed by atoms with E-state index < -0.39 is 10.0 Å². The van der Waals surface area contributed by atoms with E-state index in [1.165, 1.54) is 0 Å². The van der Waals surface area contributed by atoms with Crippen LogP contribution in [0.15, 0.2) is 42.5 Å². The highest BCUT2D eigenvalue weighted by Gasteiger charge is 2.15. The summed E-state index contributed by atoms with van der Waals surface area (Å²) in [6, 6.07) is 12.1. The van der Waals surface area contributed by atoms with Gasteiger partial charge in [-0.3, -0.25) is 14.3 Å². The first-order chi connectivity index (χ1) is 14.8. The van der Waals surface area contributed by atoms with Crippen LogP contribution in [0.1, 0.15) is 38.2 Å². The number of anilines is 3. The molecule has 0 fully saturated rings. The third-order valence-electron chi connectivity index (χ3n) is 4.70.